The summed E-state index contributed by atoms with van der Waals surface area (Å²) in [6.45, 7) is 3.74. The molecular weight excluding hydrogens is 226 g/mol. The van der Waals surface area contributed by atoms with Crippen molar-refractivity contribution in [2.75, 3.05) is 33.2 Å². The molecule has 1 aromatic rings. The summed E-state index contributed by atoms with van der Waals surface area (Å²) in [5.74, 6) is 0.0974. The minimum absolute atomic E-state index is 0.0974. The standard InChI is InChI=1S/C14H21N3O/c1-17-8-7-15-10-13(17)11-16-14(18)9-12-5-3-2-4-6-12/h2-6,13,15H,7-11H2,1H3,(H,16,18). The highest BCUT2D eigenvalue weighted by Crippen LogP contribution is 2.01. The summed E-state index contributed by atoms with van der Waals surface area (Å²) in [5.41, 5.74) is 1.06. The summed E-state index contributed by atoms with van der Waals surface area (Å²) in [6, 6.07) is 10.2. The van der Waals surface area contributed by atoms with Gasteiger partial charge >= 0.3 is 0 Å². The zero-order chi connectivity index (χ0) is 12.8. The summed E-state index contributed by atoms with van der Waals surface area (Å²) in [5, 5.41) is 6.36. The van der Waals surface area contributed by atoms with Gasteiger partial charge in [0.2, 0.25) is 5.91 Å². The zero-order valence-corrected chi connectivity index (χ0v) is 10.9. The van der Waals surface area contributed by atoms with Crippen molar-refractivity contribution >= 4 is 5.91 Å². The van der Waals surface area contributed by atoms with Gasteiger partial charge in [0.15, 0.2) is 0 Å². The van der Waals surface area contributed by atoms with Crippen molar-refractivity contribution in [3.63, 3.8) is 0 Å². The van der Waals surface area contributed by atoms with Gasteiger partial charge < -0.3 is 10.6 Å². The van der Waals surface area contributed by atoms with Gasteiger partial charge in [0.1, 0.15) is 0 Å². The number of hydrogen-bond acceptors (Lipinski definition) is 3. The van der Waals surface area contributed by atoms with Gasteiger partial charge in [0.05, 0.1) is 6.42 Å². The van der Waals surface area contributed by atoms with E-state index in [-0.39, 0.29) is 5.91 Å². The lowest BCUT2D eigenvalue weighted by Gasteiger charge is -2.33. The maximum Gasteiger partial charge on any atom is 0.224 e. The van der Waals surface area contributed by atoms with E-state index in [4.69, 9.17) is 0 Å². The predicted molar refractivity (Wildman–Crippen MR) is 72.4 cm³/mol. The van der Waals surface area contributed by atoms with Crippen LogP contribution in [0.2, 0.25) is 0 Å². The number of rotatable bonds is 4. The number of piperazine rings is 1. The Labute approximate surface area is 108 Å². The molecule has 1 atom stereocenters. The molecule has 2 rings (SSSR count). The Morgan fingerprint density at radius 3 is 2.94 bits per heavy atom. The van der Waals surface area contributed by atoms with E-state index < -0.39 is 0 Å². The van der Waals surface area contributed by atoms with Gasteiger partial charge in [-0.05, 0) is 12.6 Å². The van der Waals surface area contributed by atoms with Crippen LogP contribution in [-0.4, -0.2) is 50.1 Å². The third-order valence-corrected chi connectivity index (χ3v) is 3.39. The van der Waals surface area contributed by atoms with Crippen LogP contribution in [-0.2, 0) is 11.2 Å². The molecule has 0 bridgehead atoms. The summed E-state index contributed by atoms with van der Waals surface area (Å²) in [6.07, 6.45) is 0.463. The third kappa shape index (κ3) is 3.82. The highest BCUT2D eigenvalue weighted by atomic mass is 16.1. The van der Waals surface area contributed by atoms with Crippen molar-refractivity contribution in [3.05, 3.63) is 35.9 Å². The Morgan fingerprint density at radius 2 is 2.22 bits per heavy atom. The van der Waals surface area contributed by atoms with E-state index in [9.17, 15) is 4.79 Å². The van der Waals surface area contributed by atoms with Crippen molar-refractivity contribution in [2.24, 2.45) is 0 Å². The SMILES string of the molecule is CN1CCNCC1CNC(=O)Cc1ccccc1. The van der Waals surface area contributed by atoms with Crippen molar-refractivity contribution in [3.8, 4) is 0 Å². The minimum Gasteiger partial charge on any atom is -0.354 e. The average Bonchev–Trinajstić information content (AvgIpc) is 2.39. The number of carbonyl (C=O) groups is 1. The Kier molecular flexibility index (Phi) is 4.73. The molecule has 1 fully saturated rings. The van der Waals surface area contributed by atoms with Gasteiger partial charge in [-0.25, -0.2) is 0 Å². The minimum atomic E-state index is 0.0974. The molecule has 0 aliphatic carbocycles. The molecule has 1 aromatic carbocycles. The zero-order valence-electron chi connectivity index (χ0n) is 10.9. The quantitative estimate of drug-likeness (QED) is 0.801. The van der Waals surface area contributed by atoms with Crippen LogP contribution in [0.15, 0.2) is 30.3 Å². The molecule has 1 aliphatic heterocycles. The summed E-state index contributed by atoms with van der Waals surface area (Å²) in [4.78, 5) is 14.1. The number of nitrogens with zero attached hydrogens (tertiary/aromatic N) is 1. The highest BCUT2D eigenvalue weighted by Gasteiger charge is 2.18. The molecule has 4 heteroatoms. The van der Waals surface area contributed by atoms with Crippen LogP contribution in [0.1, 0.15) is 5.56 Å². The monoisotopic (exact) mass is 247 g/mol. The van der Waals surface area contributed by atoms with E-state index >= 15 is 0 Å². The lowest BCUT2D eigenvalue weighted by molar-refractivity contribution is -0.120. The lowest BCUT2D eigenvalue weighted by Crippen LogP contribution is -2.54. The molecule has 0 spiro atoms. The lowest BCUT2D eigenvalue weighted by atomic mass is 10.1. The van der Waals surface area contributed by atoms with Crippen LogP contribution in [0.25, 0.3) is 0 Å². The second-order valence-electron chi connectivity index (χ2n) is 4.81. The maximum atomic E-state index is 11.8. The van der Waals surface area contributed by atoms with E-state index in [1.165, 1.54) is 0 Å². The summed E-state index contributed by atoms with van der Waals surface area (Å²) >= 11 is 0. The van der Waals surface area contributed by atoms with Crippen LogP contribution in [0.3, 0.4) is 0 Å². The fraction of sp³-hybridized carbons (Fsp3) is 0.500. The molecule has 1 heterocycles. The molecule has 0 aromatic heterocycles. The van der Waals surface area contributed by atoms with Gasteiger partial charge in [-0.3, -0.25) is 9.69 Å². The third-order valence-electron chi connectivity index (χ3n) is 3.39. The van der Waals surface area contributed by atoms with Crippen molar-refractivity contribution < 1.29 is 4.79 Å². The smallest absolute Gasteiger partial charge is 0.224 e. The Balaban J connectivity index is 1.74. The largest absolute Gasteiger partial charge is 0.354 e. The van der Waals surface area contributed by atoms with E-state index in [1.807, 2.05) is 30.3 Å². The molecule has 4 nitrogen and oxygen atoms in total. The van der Waals surface area contributed by atoms with Crippen molar-refractivity contribution in [1.29, 1.82) is 0 Å². The van der Waals surface area contributed by atoms with Crippen molar-refractivity contribution in [2.45, 2.75) is 12.5 Å². The normalized spacial score (nSPS) is 20.6. The first kappa shape index (κ1) is 13.1. The Bertz CT molecular complexity index is 380. The van der Waals surface area contributed by atoms with E-state index in [0.29, 0.717) is 12.5 Å². The van der Waals surface area contributed by atoms with Crippen LogP contribution < -0.4 is 10.6 Å². The van der Waals surface area contributed by atoms with E-state index in [0.717, 1.165) is 31.7 Å². The highest BCUT2D eigenvalue weighted by molar-refractivity contribution is 5.78. The number of amides is 1. The van der Waals surface area contributed by atoms with E-state index in [2.05, 4.69) is 22.6 Å². The fourth-order valence-corrected chi connectivity index (χ4v) is 2.17. The molecular formula is C14H21N3O. The Hall–Kier alpha value is -1.39. The molecule has 18 heavy (non-hydrogen) atoms. The number of hydrogen-bond donors (Lipinski definition) is 2. The number of nitrogens with one attached hydrogen (secondary N) is 2. The first-order valence-corrected chi connectivity index (χ1v) is 6.47. The first-order valence-electron chi connectivity index (χ1n) is 6.47. The predicted octanol–water partition coefficient (Wildman–Crippen LogP) is 0.249. The second kappa shape index (κ2) is 6.52. The van der Waals surface area contributed by atoms with Crippen LogP contribution in [0, 0.1) is 0 Å². The van der Waals surface area contributed by atoms with Crippen molar-refractivity contribution in [1.82, 2.24) is 15.5 Å². The fourth-order valence-electron chi connectivity index (χ4n) is 2.17. The molecule has 2 N–H and O–H groups in total. The second-order valence-corrected chi connectivity index (χ2v) is 4.81. The molecule has 0 saturated carbocycles. The van der Waals surface area contributed by atoms with E-state index in [1.54, 1.807) is 0 Å². The molecule has 1 unspecified atom stereocenters. The van der Waals surface area contributed by atoms with Gasteiger partial charge in [0.25, 0.3) is 0 Å². The van der Waals surface area contributed by atoms with Crippen LogP contribution in [0.4, 0.5) is 0 Å². The van der Waals surface area contributed by atoms with Gasteiger partial charge in [-0.1, -0.05) is 30.3 Å². The van der Waals surface area contributed by atoms with Crippen LogP contribution >= 0.6 is 0 Å². The first-order chi connectivity index (χ1) is 8.75. The number of carbonyl (C=O) groups excluding carboxylic acids is 1. The van der Waals surface area contributed by atoms with Gasteiger partial charge in [-0.15, -0.1) is 0 Å². The molecule has 0 radical (unpaired) electrons. The topological polar surface area (TPSA) is 44.4 Å². The summed E-state index contributed by atoms with van der Waals surface area (Å²) < 4.78 is 0. The molecule has 1 saturated heterocycles. The van der Waals surface area contributed by atoms with Gasteiger partial charge in [0, 0.05) is 32.2 Å². The average molecular weight is 247 g/mol. The Morgan fingerprint density at radius 1 is 1.44 bits per heavy atom. The molecule has 1 amide bonds. The molecule has 1 aliphatic rings. The van der Waals surface area contributed by atoms with Gasteiger partial charge in [-0.2, -0.15) is 0 Å². The number of likely N-dealkylation sites (N-methyl/N-ethyl adjacent to an activating group) is 1. The number of benzene rings is 1. The van der Waals surface area contributed by atoms with Crippen LogP contribution in [0.5, 0.6) is 0 Å². The summed E-state index contributed by atoms with van der Waals surface area (Å²) in [7, 11) is 2.11. The maximum absolute atomic E-state index is 11.8. The molecule has 98 valence electrons.